The molecule has 9 nitrogen and oxygen atoms in total. The standard InChI is InChI=1S/C17H19ClN8O/c1-10-13(18)16-22-15(12(8-19)14(20)26(16)23-10)21-6-2-11-3-7-25(24-11)17(9-27)4-5-17/h3,7,27H,2,4-6,9,20H2,1H3,(H,21,22). The Morgan fingerprint density at radius 3 is 2.89 bits per heavy atom. The lowest BCUT2D eigenvalue weighted by molar-refractivity contribution is 0.202. The fourth-order valence-electron chi connectivity index (χ4n) is 3.06. The van der Waals surface area contributed by atoms with Crippen LogP contribution in [0.1, 0.15) is 29.8 Å². The van der Waals surface area contributed by atoms with E-state index >= 15 is 0 Å². The van der Waals surface area contributed by atoms with Gasteiger partial charge in [-0.3, -0.25) is 4.68 Å². The van der Waals surface area contributed by atoms with E-state index in [1.807, 2.05) is 16.9 Å². The van der Waals surface area contributed by atoms with Crippen molar-refractivity contribution in [2.24, 2.45) is 0 Å². The highest BCUT2D eigenvalue weighted by atomic mass is 35.5. The van der Waals surface area contributed by atoms with E-state index in [2.05, 4.69) is 26.6 Å². The minimum absolute atomic E-state index is 0.104. The molecule has 1 aliphatic carbocycles. The summed E-state index contributed by atoms with van der Waals surface area (Å²) in [6.07, 6.45) is 4.43. The number of nitrogens with zero attached hydrogens (tertiary/aromatic N) is 6. The Balaban J connectivity index is 1.52. The SMILES string of the molecule is Cc1nn2c(N)c(C#N)c(NCCc3ccn(C4(CO)CC4)n3)nc2c1Cl. The lowest BCUT2D eigenvalue weighted by Crippen LogP contribution is -2.22. The fraction of sp³-hybridized carbons (Fsp3) is 0.412. The minimum atomic E-state index is -0.211. The summed E-state index contributed by atoms with van der Waals surface area (Å²) in [6, 6.07) is 4.01. The first-order valence-corrected chi connectivity index (χ1v) is 9.01. The zero-order chi connectivity index (χ0) is 19.2. The lowest BCUT2D eigenvalue weighted by Gasteiger charge is -2.12. The van der Waals surface area contributed by atoms with Gasteiger partial charge in [0.2, 0.25) is 0 Å². The number of nitriles is 1. The van der Waals surface area contributed by atoms with Gasteiger partial charge in [-0.05, 0) is 25.8 Å². The molecule has 3 aromatic rings. The number of aromatic nitrogens is 5. The molecule has 1 aliphatic rings. The smallest absolute Gasteiger partial charge is 0.178 e. The van der Waals surface area contributed by atoms with Gasteiger partial charge in [0.1, 0.15) is 28.3 Å². The number of aliphatic hydroxyl groups is 1. The Hall–Kier alpha value is -2.83. The van der Waals surface area contributed by atoms with Gasteiger partial charge in [-0.2, -0.15) is 20.0 Å². The van der Waals surface area contributed by atoms with Crippen LogP contribution in [0, 0.1) is 18.3 Å². The summed E-state index contributed by atoms with van der Waals surface area (Å²) in [5.41, 5.74) is 7.99. The van der Waals surface area contributed by atoms with Crippen LogP contribution in [0.4, 0.5) is 11.6 Å². The molecular weight excluding hydrogens is 368 g/mol. The Kier molecular flexibility index (Phi) is 4.17. The van der Waals surface area contributed by atoms with Crippen LogP contribution in [-0.4, -0.2) is 42.6 Å². The average Bonchev–Trinajstić information content (AvgIpc) is 3.23. The average molecular weight is 387 g/mol. The van der Waals surface area contributed by atoms with Crippen molar-refractivity contribution >= 4 is 28.9 Å². The summed E-state index contributed by atoms with van der Waals surface area (Å²) in [7, 11) is 0. The van der Waals surface area contributed by atoms with Crippen LogP contribution in [0.15, 0.2) is 12.3 Å². The van der Waals surface area contributed by atoms with Crippen molar-refractivity contribution in [2.75, 3.05) is 24.2 Å². The molecule has 4 N–H and O–H groups in total. The van der Waals surface area contributed by atoms with E-state index in [1.54, 1.807) is 6.92 Å². The zero-order valence-corrected chi connectivity index (χ0v) is 15.5. The number of nitrogens with one attached hydrogen (secondary N) is 1. The van der Waals surface area contributed by atoms with Crippen molar-refractivity contribution in [1.82, 2.24) is 24.4 Å². The van der Waals surface area contributed by atoms with Crippen LogP contribution in [0.25, 0.3) is 5.65 Å². The maximum Gasteiger partial charge on any atom is 0.178 e. The third-order valence-corrected chi connectivity index (χ3v) is 5.38. The number of halogens is 1. The molecule has 0 aromatic carbocycles. The largest absolute Gasteiger partial charge is 0.394 e. The van der Waals surface area contributed by atoms with Gasteiger partial charge in [-0.25, -0.2) is 4.98 Å². The van der Waals surface area contributed by atoms with Gasteiger partial charge in [0.15, 0.2) is 5.65 Å². The number of nitrogens with two attached hydrogens (primary N) is 1. The van der Waals surface area contributed by atoms with Crippen LogP contribution in [0.2, 0.25) is 5.02 Å². The molecule has 3 aromatic heterocycles. The van der Waals surface area contributed by atoms with Crippen molar-refractivity contribution < 1.29 is 5.11 Å². The van der Waals surface area contributed by atoms with Gasteiger partial charge in [0.25, 0.3) is 0 Å². The topological polar surface area (TPSA) is 130 Å². The zero-order valence-electron chi connectivity index (χ0n) is 14.8. The molecule has 1 fully saturated rings. The molecule has 3 heterocycles. The second kappa shape index (κ2) is 6.40. The van der Waals surface area contributed by atoms with E-state index in [9.17, 15) is 10.4 Å². The van der Waals surface area contributed by atoms with Crippen LogP contribution in [0.3, 0.4) is 0 Å². The minimum Gasteiger partial charge on any atom is -0.394 e. The van der Waals surface area contributed by atoms with E-state index in [-0.39, 0.29) is 23.5 Å². The van der Waals surface area contributed by atoms with Crippen LogP contribution >= 0.6 is 11.6 Å². The summed E-state index contributed by atoms with van der Waals surface area (Å²) < 4.78 is 3.23. The Labute approximate surface area is 160 Å². The molecule has 0 atom stereocenters. The maximum absolute atomic E-state index is 9.50. The first-order valence-electron chi connectivity index (χ1n) is 8.63. The van der Waals surface area contributed by atoms with Gasteiger partial charge in [0.05, 0.1) is 23.5 Å². The first-order chi connectivity index (χ1) is 13.0. The van der Waals surface area contributed by atoms with Gasteiger partial charge in [0, 0.05) is 19.2 Å². The summed E-state index contributed by atoms with van der Waals surface area (Å²) in [6.45, 7) is 2.38. The molecule has 0 bridgehead atoms. The van der Waals surface area contributed by atoms with Crippen LogP contribution < -0.4 is 11.1 Å². The summed E-state index contributed by atoms with van der Waals surface area (Å²) in [5.74, 6) is 0.570. The molecule has 4 rings (SSSR count). The maximum atomic E-state index is 9.50. The van der Waals surface area contributed by atoms with E-state index in [1.165, 1.54) is 4.52 Å². The Morgan fingerprint density at radius 1 is 1.44 bits per heavy atom. The van der Waals surface area contributed by atoms with Crippen molar-refractivity contribution in [2.45, 2.75) is 31.7 Å². The number of hydrogen-bond donors (Lipinski definition) is 3. The molecule has 0 aliphatic heterocycles. The highest BCUT2D eigenvalue weighted by Gasteiger charge is 2.44. The van der Waals surface area contributed by atoms with Crippen molar-refractivity contribution in [1.29, 1.82) is 5.26 Å². The predicted molar refractivity (Wildman–Crippen MR) is 101 cm³/mol. The number of fused-ring (bicyclic) bond motifs is 1. The van der Waals surface area contributed by atoms with Crippen molar-refractivity contribution in [3.8, 4) is 6.07 Å². The normalized spacial score (nSPS) is 15.0. The molecule has 27 heavy (non-hydrogen) atoms. The van der Waals surface area contributed by atoms with Gasteiger partial charge in [-0.1, -0.05) is 11.6 Å². The molecule has 140 valence electrons. The number of aryl methyl sites for hydroxylation is 1. The van der Waals surface area contributed by atoms with E-state index < -0.39 is 0 Å². The Bertz CT molecular complexity index is 1060. The van der Waals surface area contributed by atoms with E-state index in [4.69, 9.17) is 17.3 Å². The highest BCUT2D eigenvalue weighted by Crippen LogP contribution is 2.42. The summed E-state index contributed by atoms with van der Waals surface area (Å²) >= 11 is 6.23. The molecule has 0 saturated heterocycles. The van der Waals surface area contributed by atoms with E-state index in [0.717, 1.165) is 18.5 Å². The first kappa shape index (κ1) is 17.6. The molecule has 0 amide bonds. The fourth-order valence-corrected chi connectivity index (χ4v) is 3.22. The molecular formula is C17H19ClN8O. The van der Waals surface area contributed by atoms with Crippen LogP contribution in [0.5, 0.6) is 0 Å². The van der Waals surface area contributed by atoms with Gasteiger partial charge in [-0.15, -0.1) is 0 Å². The molecule has 0 spiro atoms. The Morgan fingerprint density at radius 2 is 2.22 bits per heavy atom. The highest BCUT2D eigenvalue weighted by molar-refractivity contribution is 6.34. The van der Waals surface area contributed by atoms with Crippen LogP contribution in [-0.2, 0) is 12.0 Å². The molecule has 0 unspecified atom stereocenters. The van der Waals surface area contributed by atoms with Gasteiger partial charge >= 0.3 is 0 Å². The van der Waals surface area contributed by atoms with Gasteiger partial charge < -0.3 is 16.2 Å². The molecule has 0 radical (unpaired) electrons. The third kappa shape index (κ3) is 2.87. The second-order valence-corrected chi connectivity index (χ2v) is 7.16. The quantitative estimate of drug-likeness (QED) is 0.584. The van der Waals surface area contributed by atoms with Crippen molar-refractivity contribution in [3.63, 3.8) is 0 Å². The van der Waals surface area contributed by atoms with Crippen molar-refractivity contribution in [3.05, 3.63) is 34.2 Å². The summed E-state index contributed by atoms with van der Waals surface area (Å²) in [5, 5.41) is 31.3. The number of hydrogen-bond acceptors (Lipinski definition) is 7. The van der Waals surface area contributed by atoms with E-state index in [0.29, 0.717) is 35.1 Å². The molecule has 10 heteroatoms. The number of rotatable bonds is 6. The monoisotopic (exact) mass is 386 g/mol. The molecule has 1 saturated carbocycles. The summed E-state index contributed by atoms with van der Waals surface area (Å²) in [4.78, 5) is 4.42. The predicted octanol–water partition coefficient (Wildman–Crippen LogP) is 1.48. The third-order valence-electron chi connectivity index (χ3n) is 4.94. The number of nitrogen functional groups attached to an aromatic ring is 1. The number of anilines is 2. The second-order valence-electron chi connectivity index (χ2n) is 6.78. The number of aliphatic hydroxyl groups excluding tert-OH is 1. The lowest BCUT2D eigenvalue weighted by atomic mass is 10.2.